The van der Waals surface area contributed by atoms with E-state index < -0.39 is 5.82 Å². The molecule has 8 heteroatoms. The van der Waals surface area contributed by atoms with E-state index in [2.05, 4.69) is 15.3 Å². The zero-order valence-electron chi connectivity index (χ0n) is 17.9. The van der Waals surface area contributed by atoms with E-state index in [4.69, 9.17) is 16.3 Å². The van der Waals surface area contributed by atoms with Crippen molar-refractivity contribution in [3.05, 3.63) is 70.9 Å². The quantitative estimate of drug-likeness (QED) is 0.568. The summed E-state index contributed by atoms with van der Waals surface area (Å²) in [7, 11) is 0. The summed E-state index contributed by atoms with van der Waals surface area (Å²) in [6.07, 6.45) is 4.92. The summed E-state index contributed by atoms with van der Waals surface area (Å²) in [5, 5.41) is 3.80. The SMILES string of the molecule is CC(C)c1cnc(-c2cc(Cl)ccc2F)cc1Nc1ccncc1C(=O)N1CCOCC1. The van der Waals surface area contributed by atoms with Gasteiger partial charge in [-0.1, -0.05) is 25.4 Å². The van der Waals surface area contributed by atoms with Crippen LogP contribution in [0.1, 0.15) is 35.7 Å². The summed E-state index contributed by atoms with van der Waals surface area (Å²) < 4.78 is 19.8. The standard InChI is InChI=1S/C24H24ClFN4O2/c1-15(2)18-14-28-22(17-11-16(25)3-4-20(17)26)12-23(18)29-21-5-6-27-13-19(21)24(31)30-7-9-32-10-8-30/h3-6,11-15H,7-10H2,1-2H3,(H,27,28,29). The molecule has 0 atom stereocenters. The lowest BCUT2D eigenvalue weighted by Crippen LogP contribution is -2.40. The van der Waals surface area contributed by atoms with Crippen molar-refractivity contribution in [3.63, 3.8) is 0 Å². The molecular formula is C24H24ClFN4O2. The molecule has 1 fully saturated rings. The number of ether oxygens (including phenoxy) is 1. The van der Waals surface area contributed by atoms with Crippen molar-refractivity contribution in [1.82, 2.24) is 14.9 Å². The maximum atomic E-state index is 14.5. The minimum Gasteiger partial charge on any atom is -0.378 e. The van der Waals surface area contributed by atoms with Gasteiger partial charge in [0.2, 0.25) is 0 Å². The van der Waals surface area contributed by atoms with Crippen molar-refractivity contribution < 1.29 is 13.9 Å². The second-order valence-electron chi connectivity index (χ2n) is 7.89. The van der Waals surface area contributed by atoms with Crippen molar-refractivity contribution in [3.8, 4) is 11.3 Å². The number of benzene rings is 1. The van der Waals surface area contributed by atoms with E-state index in [1.54, 1.807) is 41.7 Å². The number of hydrogen-bond donors (Lipinski definition) is 1. The van der Waals surface area contributed by atoms with E-state index in [0.717, 1.165) is 11.3 Å². The van der Waals surface area contributed by atoms with Gasteiger partial charge in [0.05, 0.1) is 30.2 Å². The summed E-state index contributed by atoms with van der Waals surface area (Å²) >= 11 is 6.08. The van der Waals surface area contributed by atoms with Crippen molar-refractivity contribution in [1.29, 1.82) is 0 Å². The van der Waals surface area contributed by atoms with Gasteiger partial charge in [-0.2, -0.15) is 0 Å². The first-order chi connectivity index (χ1) is 15.4. The molecule has 1 amide bonds. The number of aromatic nitrogens is 2. The number of amides is 1. The molecule has 0 bridgehead atoms. The minimum atomic E-state index is -0.405. The first kappa shape index (κ1) is 22.2. The van der Waals surface area contributed by atoms with Gasteiger partial charge < -0.3 is 15.0 Å². The number of halogens is 2. The molecule has 166 valence electrons. The van der Waals surface area contributed by atoms with Crippen LogP contribution in [0.5, 0.6) is 0 Å². The first-order valence-corrected chi connectivity index (χ1v) is 10.8. The first-order valence-electron chi connectivity index (χ1n) is 10.5. The number of carbonyl (C=O) groups excluding carboxylic acids is 1. The molecular weight excluding hydrogens is 431 g/mol. The van der Waals surface area contributed by atoms with E-state index in [-0.39, 0.29) is 11.8 Å². The van der Waals surface area contributed by atoms with Crippen molar-refractivity contribution >= 4 is 28.9 Å². The molecule has 32 heavy (non-hydrogen) atoms. The molecule has 0 spiro atoms. The number of carbonyl (C=O) groups is 1. The Balaban J connectivity index is 1.72. The topological polar surface area (TPSA) is 67.4 Å². The summed E-state index contributed by atoms with van der Waals surface area (Å²) in [4.78, 5) is 23.5. The number of morpholine rings is 1. The molecule has 1 aliphatic heterocycles. The van der Waals surface area contributed by atoms with E-state index in [1.807, 2.05) is 13.8 Å². The van der Waals surface area contributed by atoms with Gasteiger partial charge in [-0.25, -0.2) is 4.39 Å². The summed E-state index contributed by atoms with van der Waals surface area (Å²) in [6, 6.07) is 7.93. The van der Waals surface area contributed by atoms with Crippen LogP contribution in [-0.4, -0.2) is 47.1 Å². The van der Waals surface area contributed by atoms with Crippen molar-refractivity contribution in [2.45, 2.75) is 19.8 Å². The van der Waals surface area contributed by atoms with Gasteiger partial charge in [0.25, 0.3) is 5.91 Å². The molecule has 1 aliphatic rings. The minimum absolute atomic E-state index is 0.106. The number of pyridine rings is 2. The van der Waals surface area contributed by atoms with Gasteiger partial charge >= 0.3 is 0 Å². The Labute approximate surface area is 191 Å². The number of nitrogens with one attached hydrogen (secondary N) is 1. The van der Waals surface area contributed by atoms with Crippen LogP contribution in [0.4, 0.5) is 15.8 Å². The Bertz CT molecular complexity index is 1130. The molecule has 0 aliphatic carbocycles. The Morgan fingerprint density at radius 3 is 2.69 bits per heavy atom. The highest BCUT2D eigenvalue weighted by molar-refractivity contribution is 6.30. The lowest BCUT2D eigenvalue weighted by molar-refractivity contribution is 0.0303. The van der Waals surface area contributed by atoms with Gasteiger partial charge in [0, 0.05) is 48.0 Å². The molecule has 0 radical (unpaired) electrons. The van der Waals surface area contributed by atoms with Crippen molar-refractivity contribution in [2.75, 3.05) is 31.6 Å². The molecule has 3 heterocycles. The third kappa shape index (κ3) is 4.74. The highest BCUT2D eigenvalue weighted by Crippen LogP contribution is 2.33. The normalized spacial score (nSPS) is 14.0. The molecule has 1 N–H and O–H groups in total. The predicted molar refractivity (Wildman–Crippen MR) is 123 cm³/mol. The monoisotopic (exact) mass is 454 g/mol. The molecule has 0 unspecified atom stereocenters. The summed E-state index contributed by atoms with van der Waals surface area (Å²) in [5.74, 6) is -0.356. The fourth-order valence-electron chi connectivity index (χ4n) is 3.63. The van der Waals surface area contributed by atoms with Gasteiger partial charge in [0.1, 0.15) is 5.82 Å². The Morgan fingerprint density at radius 1 is 1.16 bits per heavy atom. The predicted octanol–water partition coefficient (Wildman–Crippen LogP) is 5.28. The van der Waals surface area contributed by atoms with Crippen LogP contribution in [0.25, 0.3) is 11.3 Å². The van der Waals surface area contributed by atoms with E-state index in [1.165, 1.54) is 12.1 Å². The molecule has 0 saturated carbocycles. The fraction of sp³-hybridized carbons (Fsp3) is 0.292. The summed E-state index contributed by atoms with van der Waals surface area (Å²) in [5.41, 5.74) is 3.55. The van der Waals surface area contributed by atoms with Crippen LogP contribution >= 0.6 is 11.6 Å². The van der Waals surface area contributed by atoms with Gasteiger partial charge in [-0.3, -0.25) is 14.8 Å². The zero-order chi connectivity index (χ0) is 22.7. The van der Waals surface area contributed by atoms with E-state index in [0.29, 0.717) is 53.8 Å². The third-order valence-corrected chi connectivity index (χ3v) is 5.62. The van der Waals surface area contributed by atoms with Crippen LogP contribution in [-0.2, 0) is 4.74 Å². The third-order valence-electron chi connectivity index (χ3n) is 5.38. The molecule has 6 nitrogen and oxygen atoms in total. The Hall–Kier alpha value is -3.03. The number of rotatable bonds is 5. The van der Waals surface area contributed by atoms with Gasteiger partial charge in [-0.15, -0.1) is 0 Å². The zero-order valence-corrected chi connectivity index (χ0v) is 18.7. The van der Waals surface area contributed by atoms with Crippen LogP contribution in [0.2, 0.25) is 5.02 Å². The van der Waals surface area contributed by atoms with Gasteiger partial charge in [0.15, 0.2) is 0 Å². The lowest BCUT2D eigenvalue weighted by Gasteiger charge is -2.27. The smallest absolute Gasteiger partial charge is 0.257 e. The largest absolute Gasteiger partial charge is 0.378 e. The molecule has 4 rings (SSSR count). The lowest BCUT2D eigenvalue weighted by atomic mass is 10.0. The average molecular weight is 455 g/mol. The highest BCUT2D eigenvalue weighted by atomic mass is 35.5. The van der Waals surface area contributed by atoms with Crippen molar-refractivity contribution in [2.24, 2.45) is 0 Å². The molecule has 1 aromatic carbocycles. The maximum absolute atomic E-state index is 14.5. The highest BCUT2D eigenvalue weighted by Gasteiger charge is 2.22. The Morgan fingerprint density at radius 2 is 1.94 bits per heavy atom. The van der Waals surface area contributed by atoms with Crippen LogP contribution < -0.4 is 5.32 Å². The number of hydrogen-bond acceptors (Lipinski definition) is 5. The molecule has 2 aromatic heterocycles. The van der Waals surface area contributed by atoms with Crippen LogP contribution in [0, 0.1) is 5.82 Å². The maximum Gasteiger partial charge on any atom is 0.257 e. The van der Waals surface area contributed by atoms with E-state index >= 15 is 0 Å². The van der Waals surface area contributed by atoms with Crippen LogP contribution in [0.15, 0.2) is 48.9 Å². The number of anilines is 2. The average Bonchev–Trinajstić information content (AvgIpc) is 2.81. The van der Waals surface area contributed by atoms with Crippen LogP contribution in [0.3, 0.4) is 0 Å². The molecule has 1 saturated heterocycles. The van der Waals surface area contributed by atoms with E-state index in [9.17, 15) is 9.18 Å². The second-order valence-corrected chi connectivity index (χ2v) is 8.32. The summed E-state index contributed by atoms with van der Waals surface area (Å²) in [6.45, 7) is 6.22. The Kier molecular flexibility index (Phi) is 6.67. The molecule has 3 aromatic rings. The van der Waals surface area contributed by atoms with Gasteiger partial charge in [-0.05, 0) is 41.8 Å². The fourth-order valence-corrected chi connectivity index (χ4v) is 3.80. The second kappa shape index (κ2) is 9.63. The number of nitrogens with zero attached hydrogens (tertiary/aromatic N) is 3.